The molecule has 1 saturated heterocycles. The lowest BCUT2D eigenvalue weighted by molar-refractivity contribution is 0.0294. The minimum absolute atomic E-state index is 0.627. The molecule has 0 aromatic heterocycles. The van der Waals surface area contributed by atoms with E-state index >= 15 is 0 Å². The first-order valence-corrected chi connectivity index (χ1v) is 8.26. The number of hydrogen-bond acceptors (Lipinski definition) is 2. The van der Waals surface area contributed by atoms with E-state index in [0.29, 0.717) is 12.0 Å². The zero-order chi connectivity index (χ0) is 13.8. The lowest BCUT2D eigenvalue weighted by Gasteiger charge is -2.35. The Labute approximate surface area is 122 Å². The van der Waals surface area contributed by atoms with Crippen LogP contribution in [0.25, 0.3) is 0 Å². The Morgan fingerprint density at radius 1 is 1.20 bits per heavy atom. The van der Waals surface area contributed by atoms with Crippen molar-refractivity contribution in [3.05, 3.63) is 35.4 Å². The summed E-state index contributed by atoms with van der Waals surface area (Å²) in [5.41, 5.74) is 3.13. The largest absolute Gasteiger partial charge is 0.381 e. The van der Waals surface area contributed by atoms with Crippen molar-refractivity contribution in [3.63, 3.8) is 0 Å². The van der Waals surface area contributed by atoms with Gasteiger partial charge in [0, 0.05) is 12.6 Å². The van der Waals surface area contributed by atoms with Gasteiger partial charge in [-0.15, -0.1) is 0 Å². The normalized spacial score (nSPS) is 24.6. The maximum Gasteiger partial charge on any atom is 0.0509 e. The van der Waals surface area contributed by atoms with Gasteiger partial charge >= 0.3 is 0 Å². The summed E-state index contributed by atoms with van der Waals surface area (Å²) in [7, 11) is 0. The van der Waals surface area contributed by atoms with Gasteiger partial charge in [-0.3, -0.25) is 0 Å². The van der Waals surface area contributed by atoms with E-state index in [0.717, 1.165) is 25.7 Å². The van der Waals surface area contributed by atoms with Gasteiger partial charge in [-0.05, 0) is 61.6 Å². The third kappa shape index (κ3) is 3.07. The summed E-state index contributed by atoms with van der Waals surface area (Å²) in [6, 6.07) is 9.61. The zero-order valence-corrected chi connectivity index (χ0v) is 12.6. The number of nitrogens with one attached hydrogen (secondary N) is 1. The minimum atomic E-state index is 0.627. The van der Waals surface area contributed by atoms with Gasteiger partial charge in [0.1, 0.15) is 0 Å². The van der Waals surface area contributed by atoms with Gasteiger partial charge in [-0.2, -0.15) is 0 Å². The van der Waals surface area contributed by atoms with Crippen LogP contribution < -0.4 is 5.32 Å². The van der Waals surface area contributed by atoms with Crippen molar-refractivity contribution in [2.24, 2.45) is 11.8 Å². The number of benzene rings is 1. The maximum absolute atomic E-state index is 5.74. The molecule has 0 radical (unpaired) electrons. The highest BCUT2D eigenvalue weighted by Gasteiger charge is 2.34. The fraction of sp³-hybridized carbons (Fsp3) is 0.667. The van der Waals surface area contributed by atoms with Crippen molar-refractivity contribution in [1.82, 2.24) is 5.32 Å². The number of hydrogen-bond donors (Lipinski definition) is 1. The molecule has 1 N–H and O–H groups in total. The van der Waals surface area contributed by atoms with Crippen LogP contribution in [0.4, 0.5) is 0 Å². The summed E-state index contributed by atoms with van der Waals surface area (Å²) in [6.07, 6.45) is 6.26. The summed E-state index contributed by atoms with van der Waals surface area (Å²) < 4.78 is 5.74. The van der Waals surface area contributed by atoms with Crippen molar-refractivity contribution in [1.29, 1.82) is 0 Å². The first-order chi connectivity index (χ1) is 9.88. The maximum atomic E-state index is 5.74. The molecule has 2 nitrogen and oxygen atoms in total. The van der Waals surface area contributed by atoms with Crippen LogP contribution in [0.2, 0.25) is 0 Å². The molecular weight excluding hydrogens is 246 g/mol. The van der Waals surface area contributed by atoms with Crippen LogP contribution >= 0.6 is 0 Å². The molecule has 2 unspecified atom stereocenters. The molecule has 110 valence electrons. The van der Waals surface area contributed by atoms with Crippen LogP contribution in [-0.4, -0.2) is 25.8 Å². The molecular formula is C18H27NO. The lowest BCUT2D eigenvalue weighted by atomic mass is 9.83. The Bertz CT molecular complexity index is 400. The smallest absolute Gasteiger partial charge is 0.0509 e. The Hall–Kier alpha value is -0.860. The van der Waals surface area contributed by atoms with E-state index in [1.54, 1.807) is 11.1 Å². The lowest BCUT2D eigenvalue weighted by Crippen LogP contribution is -2.46. The molecule has 0 saturated carbocycles. The van der Waals surface area contributed by atoms with E-state index in [1.165, 1.54) is 32.1 Å². The fourth-order valence-corrected chi connectivity index (χ4v) is 3.92. The Morgan fingerprint density at radius 3 is 2.55 bits per heavy atom. The van der Waals surface area contributed by atoms with E-state index < -0.39 is 0 Å². The van der Waals surface area contributed by atoms with Crippen LogP contribution in [0.15, 0.2) is 24.3 Å². The van der Waals surface area contributed by atoms with Crippen LogP contribution in [0.1, 0.15) is 37.3 Å². The average molecular weight is 273 g/mol. The van der Waals surface area contributed by atoms with Gasteiger partial charge in [-0.1, -0.05) is 31.2 Å². The van der Waals surface area contributed by atoms with Gasteiger partial charge in [0.25, 0.3) is 0 Å². The van der Waals surface area contributed by atoms with E-state index in [2.05, 4.69) is 36.5 Å². The molecule has 0 bridgehead atoms. The standard InChI is InChI=1S/C18H27NO/c1-2-9-19-18(16-8-5-10-20-13-16)17-11-14-6-3-4-7-15(14)12-17/h3-4,6-7,16-19H,2,5,8-13H2,1H3. The van der Waals surface area contributed by atoms with Gasteiger partial charge < -0.3 is 10.1 Å². The van der Waals surface area contributed by atoms with Gasteiger partial charge in [0.15, 0.2) is 0 Å². The van der Waals surface area contributed by atoms with Crippen molar-refractivity contribution >= 4 is 0 Å². The van der Waals surface area contributed by atoms with Crippen molar-refractivity contribution in [2.45, 2.75) is 45.1 Å². The SMILES string of the molecule is CCCNC(C1CCCOC1)C1Cc2ccccc2C1. The summed E-state index contributed by atoms with van der Waals surface area (Å²) in [6.45, 7) is 5.30. The predicted molar refractivity (Wildman–Crippen MR) is 83.0 cm³/mol. The first-order valence-electron chi connectivity index (χ1n) is 8.26. The minimum Gasteiger partial charge on any atom is -0.381 e. The first kappa shape index (κ1) is 14.1. The van der Waals surface area contributed by atoms with Gasteiger partial charge in [0.05, 0.1) is 6.61 Å². The fourth-order valence-electron chi connectivity index (χ4n) is 3.92. The van der Waals surface area contributed by atoms with Crippen LogP contribution in [0.3, 0.4) is 0 Å². The molecule has 3 rings (SSSR count). The van der Waals surface area contributed by atoms with Crippen LogP contribution in [-0.2, 0) is 17.6 Å². The van der Waals surface area contributed by atoms with E-state index in [-0.39, 0.29) is 0 Å². The summed E-state index contributed by atoms with van der Waals surface area (Å²) in [5, 5.41) is 3.84. The second-order valence-corrected chi connectivity index (χ2v) is 6.39. The van der Waals surface area contributed by atoms with Gasteiger partial charge in [0.2, 0.25) is 0 Å². The van der Waals surface area contributed by atoms with Crippen LogP contribution in [0, 0.1) is 11.8 Å². The molecule has 1 heterocycles. The Kier molecular flexibility index (Phi) is 4.74. The highest BCUT2D eigenvalue weighted by atomic mass is 16.5. The van der Waals surface area contributed by atoms with E-state index in [4.69, 9.17) is 4.74 Å². The average Bonchev–Trinajstić information content (AvgIpc) is 2.92. The molecule has 1 aromatic carbocycles. The van der Waals surface area contributed by atoms with Gasteiger partial charge in [-0.25, -0.2) is 0 Å². The molecule has 1 aliphatic heterocycles. The summed E-state index contributed by atoms with van der Waals surface area (Å²) >= 11 is 0. The topological polar surface area (TPSA) is 21.3 Å². The monoisotopic (exact) mass is 273 g/mol. The van der Waals surface area contributed by atoms with Crippen LogP contribution in [0.5, 0.6) is 0 Å². The van der Waals surface area contributed by atoms with Crippen molar-refractivity contribution in [2.75, 3.05) is 19.8 Å². The number of fused-ring (bicyclic) bond motifs is 1. The predicted octanol–water partition coefficient (Wildman–Crippen LogP) is 3.20. The van der Waals surface area contributed by atoms with Crippen molar-refractivity contribution in [3.8, 4) is 0 Å². The number of rotatable bonds is 5. The van der Waals surface area contributed by atoms with E-state index in [1.807, 2.05) is 0 Å². The second kappa shape index (κ2) is 6.73. The number of ether oxygens (including phenoxy) is 1. The zero-order valence-electron chi connectivity index (χ0n) is 12.6. The Balaban J connectivity index is 1.70. The quantitative estimate of drug-likeness (QED) is 0.889. The third-order valence-electron chi connectivity index (χ3n) is 4.92. The molecule has 0 spiro atoms. The molecule has 2 heteroatoms. The van der Waals surface area contributed by atoms with E-state index in [9.17, 15) is 0 Å². The molecule has 1 aromatic rings. The second-order valence-electron chi connectivity index (χ2n) is 6.39. The molecule has 0 amide bonds. The summed E-state index contributed by atoms with van der Waals surface area (Å²) in [5.74, 6) is 1.46. The molecule has 1 aliphatic carbocycles. The van der Waals surface area contributed by atoms with Crippen molar-refractivity contribution < 1.29 is 4.74 Å². The molecule has 1 fully saturated rings. The third-order valence-corrected chi connectivity index (χ3v) is 4.92. The molecule has 20 heavy (non-hydrogen) atoms. The molecule has 2 atom stereocenters. The highest BCUT2D eigenvalue weighted by molar-refractivity contribution is 5.32. The Morgan fingerprint density at radius 2 is 1.95 bits per heavy atom. The highest BCUT2D eigenvalue weighted by Crippen LogP contribution is 2.33. The molecule has 2 aliphatic rings. The summed E-state index contributed by atoms with van der Waals surface area (Å²) in [4.78, 5) is 0.